The van der Waals surface area contributed by atoms with E-state index < -0.39 is 11.5 Å². The number of hydrogen-bond donors (Lipinski definition) is 3. The molecule has 0 aromatic heterocycles. The summed E-state index contributed by atoms with van der Waals surface area (Å²) < 4.78 is 5.35. The SMILES string of the molecule is O=C(O)CC1(NC(=O)NCC2CCCOC2)CCC1. The van der Waals surface area contributed by atoms with Crippen molar-refractivity contribution in [2.75, 3.05) is 19.8 Å². The van der Waals surface area contributed by atoms with Crippen molar-refractivity contribution in [3.05, 3.63) is 0 Å². The predicted octanol–water partition coefficient (Wildman–Crippen LogP) is 1.11. The topological polar surface area (TPSA) is 87.7 Å². The lowest BCUT2D eigenvalue weighted by Crippen LogP contribution is -2.57. The Labute approximate surface area is 112 Å². The largest absolute Gasteiger partial charge is 0.481 e. The summed E-state index contributed by atoms with van der Waals surface area (Å²) in [6.45, 7) is 2.10. The Morgan fingerprint density at radius 2 is 2.11 bits per heavy atom. The van der Waals surface area contributed by atoms with E-state index in [2.05, 4.69) is 10.6 Å². The van der Waals surface area contributed by atoms with Gasteiger partial charge < -0.3 is 20.5 Å². The van der Waals surface area contributed by atoms with Gasteiger partial charge in [-0.1, -0.05) is 0 Å². The van der Waals surface area contributed by atoms with Gasteiger partial charge in [0.05, 0.1) is 18.6 Å². The molecule has 1 saturated heterocycles. The molecule has 108 valence electrons. The summed E-state index contributed by atoms with van der Waals surface area (Å²) in [6.07, 6.45) is 4.59. The third kappa shape index (κ3) is 4.09. The Kier molecular flexibility index (Phi) is 4.63. The molecule has 1 aliphatic carbocycles. The summed E-state index contributed by atoms with van der Waals surface area (Å²) >= 11 is 0. The smallest absolute Gasteiger partial charge is 0.315 e. The molecule has 1 aliphatic heterocycles. The molecule has 0 radical (unpaired) electrons. The zero-order chi connectivity index (χ0) is 13.7. The van der Waals surface area contributed by atoms with Crippen LogP contribution in [0.25, 0.3) is 0 Å². The number of rotatable bonds is 5. The average molecular weight is 270 g/mol. The molecule has 1 unspecified atom stereocenters. The van der Waals surface area contributed by atoms with E-state index in [4.69, 9.17) is 9.84 Å². The molecule has 2 fully saturated rings. The summed E-state index contributed by atoms with van der Waals surface area (Å²) in [5, 5.41) is 14.5. The van der Waals surface area contributed by atoms with Gasteiger partial charge in [-0.05, 0) is 38.0 Å². The highest BCUT2D eigenvalue weighted by molar-refractivity contribution is 5.77. The van der Waals surface area contributed by atoms with Gasteiger partial charge in [0, 0.05) is 13.2 Å². The van der Waals surface area contributed by atoms with E-state index in [0.29, 0.717) is 19.1 Å². The summed E-state index contributed by atoms with van der Waals surface area (Å²) in [6, 6.07) is -0.258. The molecule has 1 saturated carbocycles. The highest BCUT2D eigenvalue weighted by Gasteiger charge is 2.40. The number of carbonyl (C=O) groups excluding carboxylic acids is 1. The second kappa shape index (κ2) is 6.23. The Morgan fingerprint density at radius 1 is 1.32 bits per heavy atom. The normalized spacial score (nSPS) is 25.2. The van der Waals surface area contributed by atoms with Gasteiger partial charge >= 0.3 is 12.0 Å². The standard InChI is InChI=1S/C13H22N2O4/c16-11(17)7-13(4-2-5-13)15-12(18)14-8-10-3-1-6-19-9-10/h10H,1-9H2,(H,16,17)(H2,14,15,18). The van der Waals surface area contributed by atoms with Crippen molar-refractivity contribution in [1.82, 2.24) is 10.6 Å². The molecule has 0 spiro atoms. The number of aliphatic carboxylic acids is 1. The van der Waals surface area contributed by atoms with E-state index in [1.54, 1.807) is 0 Å². The van der Waals surface area contributed by atoms with E-state index in [1.807, 2.05) is 0 Å². The van der Waals surface area contributed by atoms with E-state index in [-0.39, 0.29) is 12.5 Å². The Bertz CT molecular complexity index is 336. The number of nitrogens with one attached hydrogen (secondary N) is 2. The fourth-order valence-electron chi connectivity index (χ4n) is 2.73. The third-order valence-electron chi connectivity index (χ3n) is 3.98. The van der Waals surface area contributed by atoms with Crippen LogP contribution in [0.5, 0.6) is 0 Å². The highest BCUT2D eigenvalue weighted by atomic mass is 16.5. The first-order chi connectivity index (χ1) is 9.10. The van der Waals surface area contributed by atoms with Crippen LogP contribution in [0.1, 0.15) is 38.5 Å². The molecule has 1 heterocycles. The lowest BCUT2D eigenvalue weighted by atomic mass is 9.74. The molecular formula is C13H22N2O4. The number of carboxylic acid groups (broad SMARTS) is 1. The molecule has 2 aliphatic rings. The van der Waals surface area contributed by atoms with Gasteiger partial charge in [-0.3, -0.25) is 4.79 Å². The maximum Gasteiger partial charge on any atom is 0.315 e. The summed E-state index contributed by atoms with van der Waals surface area (Å²) in [5.41, 5.74) is -0.529. The summed E-state index contributed by atoms with van der Waals surface area (Å²) in [4.78, 5) is 22.6. The Hall–Kier alpha value is -1.30. The molecule has 6 heteroatoms. The Balaban J connectivity index is 1.72. The fraction of sp³-hybridized carbons (Fsp3) is 0.846. The van der Waals surface area contributed by atoms with Crippen LogP contribution in [0.4, 0.5) is 4.79 Å². The van der Waals surface area contributed by atoms with Crippen LogP contribution in [0.15, 0.2) is 0 Å². The van der Waals surface area contributed by atoms with Crippen LogP contribution in [-0.4, -0.2) is 42.4 Å². The molecule has 0 aromatic carbocycles. The number of ether oxygens (including phenoxy) is 1. The number of carbonyl (C=O) groups is 2. The van der Waals surface area contributed by atoms with Crippen LogP contribution in [0.2, 0.25) is 0 Å². The fourth-order valence-corrected chi connectivity index (χ4v) is 2.73. The average Bonchev–Trinajstić information content (AvgIpc) is 2.34. The van der Waals surface area contributed by atoms with E-state index in [0.717, 1.165) is 38.7 Å². The molecule has 2 rings (SSSR count). The summed E-state index contributed by atoms with van der Waals surface area (Å²) in [7, 11) is 0. The first-order valence-electron chi connectivity index (χ1n) is 6.95. The monoisotopic (exact) mass is 270 g/mol. The second-order valence-corrected chi connectivity index (χ2v) is 5.62. The minimum absolute atomic E-state index is 0.00690. The minimum Gasteiger partial charge on any atom is -0.481 e. The molecule has 0 bridgehead atoms. The number of urea groups is 1. The van der Waals surface area contributed by atoms with Gasteiger partial charge in [0.2, 0.25) is 0 Å². The zero-order valence-corrected chi connectivity index (χ0v) is 11.1. The quantitative estimate of drug-likeness (QED) is 0.698. The minimum atomic E-state index is -0.860. The van der Waals surface area contributed by atoms with Crippen molar-refractivity contribution >= 4 is 12.0 Å². The van der Waals surface area contributed by atoms with E-state index in [1.165, 1.54) is 0 Å². The van der Waals surface area contributed by atoms with E-state index in [9.17, 15) is 9.59 Å². The van der Waals surface area contributed by atoms with Crippen molar-refractivity contribution in [2.24, 2.45) is 5.92 Å². The lowest BCUT2D eigenvalue weighted by molar-refractivity contribution is -0.139. The predicted molar refractivity (Wildman–Crippen MR) is 68.9 cm³/mol. The van der Waals surface area contributed by atoms with Gasteiger partial charge in [0.25, 0.3) is 0 Å². The maximum atomic E-state index is 11.8. The van der Waals surface area contributed by atoms with Crippen molar-refractivity contribution in [3.63, 3.8) is 0 Å². The van der Waals surface area contributed by atoms with Gasteiger partial charge in [-0.2, -0.15) is 0 Å². The van der Waals surface area contributed by atoms with Crippen molar-refractivity contribution in [2.45, 2.75) is 44.1 Å². The van der Waals surface area contributed by atoms with Crippen LogP contribution >= 0.6 is 0 Å². The second-order valence-electron chi connectivity index (χ2n) is 5.62. The van der Waals surface area contributed by atoms with Crippen molar-refractivity contribution in [1.29, 1.82) is 0 Å². The molecule has 3 N–H and O–H groups in total. The van der Waals surface area contributed by atoms with Crippen molar-refractivity contribution < 1.29 is 19.4 Å². The lowest BCUT2D eigenvalue weighted by Gasteiger charge is -2.41. The molecule has 2 amide bonds. The maximum absolute atomic E-state index is 11.8. The third-order valence-corrected chi connectivity index (χ3v) is 3.98. The Morgan fingerprint density at radius 3 is 2.63 bits per heavy atom. The molecule has 1 atom stereocenters. The number of amides is 2. The van der Waals surface area contributed by atoms with Gasteiger partial charge in [0.1, 0.15) is 0 Å². The van der Waals surface area contributed by atoms with Crippen LogP contribution < -0.4 is 10.6 Å². The first-order valence-corrected chi connectivity index (χ1v) is 6.95. The number of hydrogen-bond acceptors (Lipinski definition) is 3. The van der Waals surface area contributed by atoms with Gasteiger partial charge in [-0.15, -0.1) is 0 Å². The zero-order valence-electron chi connectivity index (χ0n) is 11.1. The molecule has 0 aromatic rings. The van der Waals surface area contributed by atoms with Crippen LogP contribution in [-0.2, 0) is 9.53 Å². The van der Waals surface area contributed by atoms with Crippen LogP contribution in [0.3, 0.4) is 0 Å². The summed E-state index contributed by atoms with van der Waals surface area (Å²) in [5.74, 6) is -0.489. The molecule has 6 nitrogen and oxygen atoms in total. The van der Waals surface area contributed by atoms with Gasteiger partial charge in [-0.25, -0.2) is 4.79 Å². The van der Waals surface area contributed by atoms with Crippen LogP contribution in [0, 0.1) is 5.92 Å². The molecule has 19 heavy (non-hydrogen) atoms. The number of carboxylic acids is 1. The van der Waals surface area contributed by atoms with Gasteiger partial charge in [0.15, 0.2) is 0 Å². The first kappa shape index (κ1) is 14.1. The van der Waals surface area contributed by atoms with Crippen molar-refractivity contribution in [3.8, 4) is 0 Å². The van der Waals surface area contributed by atoms with E-state index >= 15 is 0 Å². The molecular weight excluding hydrogens is 248 g/mol. The highest BCUT2D eigenvalue weighted by Crippen LogP contribution is 2.34.